The molecule has 7 rings (SSSR count). The van der Waals surface area contributed by atoms with Crippen LogP contribution in [0.5, 0.6) is 0 Å². The Morgan fingerprint density at radius 3 is 2.69 bits per heavy atom. The Balaban J connectivity index is 1.05. The van der Waals surface area contributed by atoms with E-state index in [4.69, 9.17) is 14.7 Å². The predicted molar refractivity (Wildman–Crippen MR) is 179 cm³/mol. The van der Waals surface area contributed by atoms with Crippen molar-refractivity contribution in [2.45, 2.75) is 25.7 Å². The van der Waals surface area contributed by atoms with Gasteiger partial charge in [-0.1, -0.05) is 54.6 Å². The Morgan fingerprint density at radius 2 is 1.87 bits per heavy atom. The highest BCUT2D eigenvalue weighted by molar-refractivity contribution is 7.20. The fourth-order valence-electron chi connectivity index (χ4n) is 5.87. The third-order valence-corrected chi connectivity index (χ3v) is 9.54. The van der Waals surface area contributed by atoms with Crippen LogP contribution in [0.2, 0.25) is 0 Å². The largest absolute Gasteiger partial charge is 0.378 e. The molecule has 0 bridgehead atoms. The van der Waals surface area contributed by atoms with Crippen LogP contribution in [-0.4, -0.2) is 76.1 Å². The SMILES string of the molecule is O=C(C=Cc1ccccc1)CCCC(=O)N1CC=C(c2cc3nc(-c4cccc5[nH]ncc45)nc(N4CCOCC4)c3s2)CC1. The number of nitrogens with zero attached hydrogens (tertiary/aromatic N) is 5. The number of aromatic amines is 1. The number of rotatable bonds is 9. The maximum absolute atomic E-state index is 12.9. The first kappa shape index (κ1) is 29.1. The number of carbonyl (C=O) groups is 2. The number of morpholine rings is 1. The topological polar surface area (TPSA) is 104 Å². The molecule has 5 aromatic rings. The van der Waals surface area contributed by atoms with E-state index in [1.165, 1.54) is 5.57 Å². The van der Waals surface area contributed by atoms with Crippen LogP contribution in [0.25, 0.3) is 44.2 Å². The molecule has 1 saturated heterocycles. The van der Waals surface area contributed by atoms with Gasteiger partial charge in [-0.15, -0.1) is 11.3 Å². The molecule has 1 N–H and O–H groups in total. The first-order chi connectivity index (χ1) is 22.1. The molecule has 5 heterocycles. The number of ketones is 1. The van der Waals surface area contributed by atoms with E-state index in [0.717, 1.165) is 62.5 Å². The Labute approximate surface area is 265 Å². The summed E-state index contributed by atoms with van der Waals surface area (Å²) < 4.78 is 6.70. The number of fused-ring (bicyclic) bond motifs is 2. The van der Waals surface area contributed by atoms with Crippen molar-refractivity contribution in [1.29, 1.82) is 0 Å². The molecule has 1 fully saturated rings. The number of anilines is 1. The molecule has 9 nitrogen and oxygen atoms in total. The number of allylic oxidation sites excluding steroid dienone is 1. The van der Waals surface area contributed by atoms with Gasteiger partial charge in [0, 0.05) is 54.8 Å². The van der Waals surface area contributed by atoms with Gasteiger partial charge in [0.15, 0.2) is 17.4 Å². The third-order valence-electron chi connectivity index (χ3n) is 8.34. The highest BCUT2D eigenvalue weighted by Gasteiger charge is 2.24. The number of hydrogen-bond donors (Lipinski definition) is 1. The summed E-state index contributed by atoms with van der Waals surface area (Å²) in [6, 6.07) is 18.0. The molecule has 45 heavy (non-hydrogen) atoms. The van der Waals surface area contributed by atoms with Crippen molar-refractivity contribution >= 4 is 61.6 Å². The second kappa shape index (κ2) is 13.1. The molecule has 3 aromatic heterocycles. The molecular formula is C35H34N6O3S. The lowest BCUT2D eigenvalue weighted by Crippen LogP contribution is -2.36. The van der Waals surface area contributed by atoms with Crippen LogP contribution >= 0.6 is 11.3 Å². The predicted octanol–water partition coefficient (Wildman–Crippen LogP) is 6.14. The Bertz CT molecular complexity index is 1900. The van der Waals surface area contributed by atoms with E-state index in [1.54, 1.807) is 17.4 Å². The van der Waals surface area contributed by atoms with Crippen molar-refractivity contribution in [1.82, 2.24) is 25.1 Å². The lowest BCUT2D eigenvalue weighted by atomic mass is 10.1. The zero-order chi connectivity index (χ0) is 30.6. The van der Waals surface area contributed by atoms with E-state index >= 15 is 0 Å². The third kappa shape index (κ3) is 6.43. The van der Waals surface area contributed by atoms with Gasteiger partial charge in [0.05, 0.1) is 35.1 Å². The maximum Gasteiger partial charge on any atom is 0.222 e. The number of benzene rings is 2. The van der Waals surface area contributed by atoms with Crippen molar-refractivity contribution in [2.24, 2.45) is 0 Å². The number of nitrogens with one attached hydrogen (secondary N) is 1. The van der Waals surface area contributed by atoms with Crippen LogP contribution in [-0.2, 0) is 14.3 Å². The number of carbonyl (C=O) groups excluding carboxylic acids is 2. The zero-order valence-electron chi connectivity index (χ0n) is 24.9. The summed E-state index contributed by atoms with van der Waals surface area (Å²) in [6.07, 6.45) is 9.50. The number of thiophene rings is 1. The van der Waals surface area contributed by atoms with Crippen LogP contribution in [0.3, 0.4) is 0 Å². The molecule has 0 atom stereocenters. The highest BCUT2D eigenvalue weighted by Crippen LogP contribution is 2.39. The molecule has 0 radical (unpaired) electrons. The van der Waals surface area contributed by atoms with Crippen molar-refractivity contribution in [3.8, 4) is 11.4 Å². The minimum Gasteiger partial charge on any atom is -0.378 e. The number of amides is 1. The lowest BCUT2D eigenvalue weighted by molar-refractivity contribution is -0.130. The van der Waals surface area contributed by atoms with E-state index in [0.29, 0.717) is 51.4 Å². The summed E-state index contributed by atoms with van der Waals surface area (Å²) in [5.41, 5.74) is 5.05. The molecule has 1 amide bonds. The average molecular weight is 619 g/mol. The highest BCUT2D eigenvalue weighted by atomic mass is 32.1. The van der Waals surface area contributed by atoms with Gasteiger partial charge in [0.25, 0.3) is 0 Å². The quantitative estimate of drug-likeness (QED) is 0.198. The van der Waals surface area contributed by atoms with Gasteiger partial charge in [-0.05, 0) is 42.2 Å². The van der Waals surface area contributed by atoms with E-state index < -0.39 is 0 Å². The molecule has 0 unspecified atom stereocenters. The summed E-state index contributed by atoms with van der Waals surface area (Å²) in [7, 11) is 0. The maximum atomic E-state index is 12.9. The molecule has 2 aliphatic rings. The molecule has 10 heteroatoms. The van der Waals surface area contributed by atoms with Crippen LogP contribution in [0.15, 0.2) is 72.9 Å². The number of hydrogen-bond acceptors (Lipinski definition) is 8. The summed E-state index contributed by atoms with van der Waals surface area (Å²) in [6.45, 7) is 4.14. The minimum atomic E-state index is 0.0430. The average Bonchev–Trinajstić information content (AvgIpc) is 3.75. The first-order valence-corrected chi connectivity index (χ1v) is 16.2. The Morgan fingerprint density at radius 1 is 1.00 bits per heavy atom. The molecule has 0 aliphatic carbocycles. The number of H-pyrrole nitrogens is 1. The molecular weight excluding hydrogens is 584 g/mol. The minimum absolute atomic E-state index is 0.0430. The van der Waals surface area contributed by atoms with E-state index in [2.05, 4.69) is 27.2 Å². The van der Waals surface area contributed by atoms with Crippen molar-refractivity contribution in [2.75, 3.05) is 44.3 Å². The van der Waals surface area contributed by atoms with Crippen LogP contribution in [0, 0.1) is 0 Å². The van der Waals surface area contributed by atoms with Crippen molar-refractivity contribution in [3.05, 3.63) is 83.4 Å². The van der Waals surface area contributed by atoms with E-state index in [9.17, 15) is 9.59 Å². The normalized spacial score (nSPS) is 15.7. The number of aromatic nitrogens is 4. The van der Waals surface area contributed by atoms with Gasteiger partial charge >= 0.3 is 0 Å². The zero-order valence-corrected chi connectivity index (χ0v) is 25.8. The van der Waals surface area contributed by atoms with Crippen molar-refractivity contribution in [3.63, 3.8) is 0 Å². The molecule has 2 aromatic carbocycles. The number of ether oxygens (including phenoxy) is 1. The molecule has 0 saturated carbocycles. The van der Waals surface area contributed by atoms with Crippen LogP contribution in [0.1, 0.15) is 36.1 Å². The first-order valence-electron chi connectivity index (χ1n) is 15.4. The Kier molecular flexibility index (Phi) is 8.48. The lowest BCUT2D eigenvalue weighted by Gasteiger charge is -2.28. The van der Waals surface area contributed by atoms with Crippen LogP contribution in [0.4, 0.5) is 5.82 Å². The van der Waals surface area contributed by atoms with Gasteiger partial charge < -0.3 is 14.5 Å². The molecule has 228 valence electrons. The summed E-state index contributed by atoms with van der Waals surface area (Å²) in [5, 5.41) is 8.27. The monoisotopic (exact) mass is 618 g/mol. The van der Waals surface area contributed by atoms with Gasteiger partial charge in [-0.3, -0.25) is 14.7 Å². The second-order valence-corrected chi connectivity index (χ2v) is 12.4. The fraction of sp³-hybridized carbons (Fsp3) is 0.286. The summed E-state index contributed by atoms with van der Waals surface area (Å²) in [4.78, 5) is 40.7. The molecule has 0 spiro atoms. The van der Waals surface area contributed by atoms with Gasteiger partial charge in [0.1, 0.15) is 0 Å². The van der Waals surface area contributed by atoms with E-state index in [1.807, 2.05) is 65.7 Å². The Hall–Kier alpha value is -4.67. The smallest absolute Gasteiger partial charge is 0.222 e. The standard InChI is InChI=1S/C35H34N6O3S/c42-26(13-12-24-6-2-1-3-7-24)8-4-11-32(43)40-16-14-25(15-17-40)31-22-30-33(45-31)35(41-18-20-44-21-19-41)38-34(37-30)27-9-5-10-29-28(27)23-36-39-29/h1-3,5-7,9-10,12-14,22-23H,4,8,11,15-21H2,(H,36,39). The van der Waals surface area contributed by atoms with Gasteiger partial charge in [-0.25, -0.2) is 9.97 Å². The molecule has 2 aliphatic heterocycles. The summed E-state index contributed by atoms with van der Waals surface area (Å²) in [5.74, 6) is 1.77. The second-order valence-electron chi connectivity index (χ2n) is 11.3. The fourth-order valence-corrected chi connectivity index (χ4v) is 7.06. The van der Waals surface area contributed by atoms with Gasteiger partial charge in [-0.2, -0.15) is 5.10 Å². The van der Waals surface area contributed by atoms with Crippen LogP contribution < -0.4 is 4.90 Å². The summed E-state index contributed by atoms with van der Waals surface area (Å²) >= 11 is 1.72. The van der Waals surface area contributed by atoms with Gasteiger partial charge in [0.2, 0.25) is 5.91 Å². The van der Waals surface area contributed by atoms with E-state index in [-0.39, 0.29) is 11.7 Å². The van der Waals surface area contributed by atoms with Crippen molar-refractivity contribution < 1.29 is 14.3 Å².